The van der Waals surface area contributed by atoms with Gasteiger partial charge in [0.2, 0.25) is 5.91 Å². The first-order valence-corrected chi connectivity index (χ1v) is 5.68. The van der Waals surface area contributed by atoms with Crippen LogP contribution in [0.2, 0.25) is 0 Å². The van der Waals surface area contributed by atoms with Crippen LogP contribution in [0.3, 0.4) is 0 Å². The second kappa shape index (κ2) is 4.20. The molecule has 0 spiro atoms. The standard InChI is InChI=1S/C13H17N3O/c1-13(2,3)8-12(17)15-16-9-14-10-6-4-5-7-11(10)16/h4-7,9H,8H2,1-3H3,(H,15,17). The predicted octanol–water partition coefficient (Wildman–Crippen LogP) is 2.54. The van der Waals surface area contributed by atoms with Gasteiger partial charge >= 0.3 is 0 Å². The number of hydrogen-bond acceptors (Lipinski definition) is 2. The molecule has 0 radical (unpaired) electrons. The van der Waals surface area contributed by atoms with Gasteiger partial charge < -0.3 is 0 Å². The summed E-state index contributed by atoms with van der Waals surface area (Å²) in [5.41, 5.74) is 4.61. The van der Waals surface area contributed by atoms with Crippen LogP contribution in [0.1, 0.15) is 27.2 Å². The highest BCUT2D eigenvalue weighted by molar-refractivity contribution is 5.86. The molecule has 0 atom stereocenters. The quantitative estimate of drug-likeness (QED) is 0.863. The SMILES string of the molecule is CC(C)(C)CC(=O)Nn1cnc2ccccc21. The number of benzene rings is 1. The van der Waals surface area contributed by atoms with Gasteiger partial charge in [-0.15, -0.1) is 0 Å². The maximum atomic E-state index is 11.8. The highest BCUT2D eigenvalue weighted by atomic mass is 16.2. The van der Waals surface area contributed by atoms with Gasteiger partial charge in [0.25, 0.3) is 0 Å². The second-order valence-electron chi connectivity index (χ2n) is 5.38. The van der Waals surface area contributed by atoms with Crippen LogP contribution >= 0.6 is 0 Å². The molecule has 0 saturated heterocycles. The lowest BCUT2D eigenvalue weighted by Crippen LogP contribution is -2.26. The molecule has 0 fully saturated rings. The Kier molecular flexibility index (Phi) is 2.88. The lowest BCUT2D eigenvalue weighted by atomic mass is 9.92. The molecule has 0 unspecified atom stereocenters. The van der Waals surface area contributed by atoms with Crippen LogP contribution in [0.25, 0.3) is 11.0 Å². The van der Waals surface area contributed by atoms with Gasteiger partial charge in [0.05, 0.1) is 11.0 Å². The molecule has 90 valence electrons. The van der Waals surface area contributed by atoms with Gasteiger partial charge in [0, 0.05) is 6.42 Å². The molecule has 0 bridgehead atoms. The van der Waals surface area contributed by atoms with E-state index in [1.165, 1.54) is 0 Å². The van der Waals surface area contributed by atoms with Gasteiger partial charge in [0.1, 0.15) is 6.33 Å². The second-order valence-corrected chi connectivity index (χ2v) is 5.38. The van der Waals surface area contributed by atoms with E-state index in [0.29, 0.717) is 6.42 Å². The van der Waals surface area contributed by atoms with Crippen molar-refractivity contribution < 1.29 is 4.79 Å². The van der Waals surface area contributed by atoms with Crippen LogP contribution in [0.5, 0.6) is 0 Å². The van der Waals surface area contributed by atoms with E-state index in [0.717, 1.165) is 11.0 Å². The Hall–Kier alpha value is -1.84. The van der Waals surface area contributed by atoms with Crippen LogP contribution in [0.4, 0.5) is 0 Å². The topological polar surface area (TPSA) is 46.9 Å². The molecular weight excluding hydrogens is 214 g/mol. The molecule has 0 saturated carbocycles. The van der Waals surface area contributed by atoms with E-state index in [4.69, 9.17) is 0 Å². The van der Waals surface area contributed by atoms with Gasteiger partial charge in [-0.3, -0.25) is 10.2 Å². The summed E-state index contributed by atoms with van der Waals surface area (Å²) in [5.74, 6) is 0.000605. The average Bonchev–Trinajstić information content (AvgIpc) is 2.59. The number of carbonyl (C=O) groups is 1. The fraction of sp³-hybridized carbons (Fsp3) is 0.385. The molecule has 0 aliphatic carbocycles. The van der Waals surface area contributed by atoms with E-state index in [-0.39, 0.29) is 11.3 Å². The zero-order chi connectivity index (χ0) is 12.5. The minimum atomic E-state index is -0.0134. The monoisotopic (exact) mass is 231 g/mol. The fourth-order valence-electron chi connectivity index (χ4n) is 1.70. The van der Waals surface area contributed by atoms with E-state index in [9.17, 15) is 4.79 Å². The van der Waals surface area contributed by atoms with Crippen LogP contribution < -0.4 is 5.43 Å². The van der Waals surface area contributed by atoms with Crippen molar-refractivity contribution in [2.24, 2.45) is 5.41 Å². The first kappa shape index (κ1) is 11.6. The molecule has 1 N–H and O–H groups in total. The smallest absolute Gasteiger partial charge is 0.239 e. The number of rotatable bonds is 2. The van der Waals surface area contributed by atoms with Gasteiger partial charge in [-0.05, 0) is 17.5 Å². The highest BCUT2D eigenvalue weighted by Crippen LogP contribution is 2.18. The number of carbonyl (C=O) groups excluding carboxylic acids is 1. The fourth-order valence-corrected chi connectivity index (χ4v) is 1.70. The molecule has 0 aliphatic rings. The Balaban J connectivity index is 2.16. The molecule has 1 amide bonds. The summed E-state index contributed by atoms with van der Waals surface area (Å²) in [6.45, 7) is 6.12. The number of imidazole rings is 1. The molecule has 0 aliphatic heterocycles. The average molecular weight is 231 g/mol. The third-order valence-corrected chi connectivity index (χ3v) is 2.39. The maximum Gasteiger partial charge on any atom is 0.239 e. The Bertz CT molecular complexity index is 537. The van der Waals surface area contributed by atoms with Crippen LogP contribution in [-0.2, 0) is 4.79 Å². The number of amides is 1. The van der Waals surface area contributed by atoms with Crippen LogP contribution in [-0.4, -0.2) is 15.6 Å². The van der Waals surface area contributed by atoms with Gasteiger partial charge in [-0.1, -0.05) is 32.9 Å². The molecule has 1 aromatic carbocycles. The predicted molar refractivity (Wildman–Crippen MR) is 68.2 cm³/mol. The molecule has 4 heteroatoms. The zero-order valence-electron chi connectivity index (χ0n) is 10.4. The van der Waals surface area contributed by atoms with E-state index in [1.54, 1.807) is 11.0 Å². The van der Waals surface area contributed by atoms with Crippen molar-refractivity contribution in [3.05, 3.63) is 30.6 Å². The first-order chi connectivity index (χ1) is 7.96. The third-order valence-electron chi connectivity index (χ3n) is 2.39. The Morgan fingerprint density at radius 2 is 2.06 bits per heavy atom. The van der Waals surface area contributed by atoms with E-state index in [1.807, 2.05) is 45.0 Å². The number of nitrogens with zero attached hydrogens (tertiary/aromatic N) is 2. The van der Waals surface area contributed by atoms with Crippen molar-refractivity contribution in [2.75, 3.05) is 5.43 Å². The van der Waals surface area contributed by atoms with Crippen molar-refractivity contribution in [1.82, 2.24) is 9.66 Å². The Labute approximate surface area is 101 Å². The van der Waals surface area contributed by atoms with E-state index >= 15 is 0 Å². The molecule has 1 aromatic heterocycles. The Morgan fingerprint density at radius 1 is 1.35 bits per heavy atom. The molecule has 2 aromatic rings. The minimum absolute atomic E-state index is 0.000605. The number of para-hydroxylation sites is 2. The Morgan fingerprint density at radius 3 is 2.76 bits per heavy atom. The van der Waals surface area contributed by atoms with Crippen LogP contribution in [0.15, 0.2) is 30.6 Å². The molecular formula is C13H17N3O. The van der Waals surface area contributed by atoms with Gasteiger partial charge in [-0.25, -0.2) is 9.66 Å². The largest absolute Gasteiger partial charge is 0.273 e. The maximum absolute atomic E-state index is 11.8. The van der Waals surface area contributed by atoms with E-state index in [2.05, 4.69) is 10.4 Å². The molecule has 4 nitrogen and oxygen atoms in total. The van der Waals surface area contributed by atoms with Crippen molar-refractivity contribution >= 4 is 16.9 Å². The molecule has 2 rings (SSSR count). The summed E-state index contributed by atoms with van der Waals surface area (Å²) >= 11 is 0. The van der Waals surface area contributed by atoms with Crippen molar-refractivity contribution in [2.45, 2.75) is 27.2 Å². The summed E-state index contributed by atoms with van der Waals surface area (Å²) in [5, 5.41) is 0. The van der Waals surface area contributed by atoms with Gasteiger partial charge in [-0.2, -0.15) is 0 Å². The number of nitrogens with one attached hydrogen (secondary N) is 1. The van der Waals surface area contributed by atoms with Gasteiger partial charge in [0.15, 0.2) is 0 Å². The lowest BCUT2D eigenvalue weighted by molar-refractivity contribution is -0.118. The normalized spacial score (nSPS) is 11.7. The summed E-state index contributed by atoms with van der Waals surface area (Å²) in [6.07, 6.45) is 2.12. The van der Waals surface area contributed by atoms with E-state index < -0.39 is 0 Å². The number of aromatic nitrogens is 2. The zero-order valence-corrected chi connectivity index (χ0v) is 10.4. The molecule has 17 heavy (non-hydrogen) atoms. The third kappa shape index (κ3) is 2.84. The number of hydrogen-bond donors (Lipinski definition) is 1. The van der Waals surface area contributed by atoms with Crippen LogP contribution in [0, 0.1) is 5.41 Å². The van der Waals surface area contributed by atoms with Crippen molar-refractivity contribution in [1.29, 1.82) is 0 Å². The minimum Gasteiger partial charge on any atom is -0.273 e. The summed E-state index contributed by atoms with van der Waals surface area (Å²) in [4.78, 5) is 16.0. The lowest BCUT2D eigenvalue weighted by Gasteiger charge is -2.17. The summed E-state index contributed by atoms with van der Waals surface area (Å²) in [6, 6.07) is 7.70. The molecule has 1 heterocycles. The number of fused-ring (bicyclic) bond motifs is 1. The first-order valence-electron chi connectivity index (χ1n) is 5.68. The summed E-state index contributed by atoms with van der Waals surface area (Å²) < 4.78 is 1.67. The highest BCUT2D eigenvalue weighted by Gasteiger charge is 2.16. The van der Waals surface area contributed by atoms with Crippen molar-refractivity contribution in [3.8, 4) is 0 Å². The summed E-state index contributed by atoms with van der Waals surface area (Å²) in [7, 11) is 0. The van der Waals surface area contributed by atoms with Crippen molar-refractivity contribution in [3.63, 3.8) is 0 Å².